The number of piperidine rings is 1. The normalized spacial score (nSPS) is 17.7. The van der Waals surface area contributed by atoms with E-state index in [9.17, 15) is 4.79 Å². The fraction of sp³-hybridized carbons (Fsp3) is 0.562. The number of nitrogens with two attached hydrogens (primary N) is 1. The molecule has 1 aliphatic heterocycles. The largest absolute Gasteiger partial charge is 0.342 e. The molecular weight excluding hydrogens is 272 g/mol. The van der Waals surface area contributed by atoms with Crippen molar-refractivity contribution in [3.05, 3.63) is 35.9 Å². The van der Waals surface area contributed by atoms with Crippen LogP contribution >= 0.6 is 12.4 Å². The minimum Gasteiger partial charge on any atom is -0.342 e. The quantitative estimate of drug-likeness (QED) is 0.932. The van der Waals surface area contributed by atoms with E-state index in [2.05, 4.69) is 26.0 Å². The summed E-state index contributed by atoms with van der Waals surface area (Å²) >= 11 is 0. The van der Waals surface area contributed by atoms with Gasteiger partial charge in [0.05, 0.1) is 5.92 Å². The van der Waals surface area contributed by atoms with Crippen molar-refractivity contribution in [2.75, 3.05) is 13.1 Å². The maximum absolute atomic E-state index is 12.7. The molecule has 4 heteroatoms. The fourth-order valence-electron chi connectivity index (χ4n) is 2.79. The molecule has 0 radical (unpaired) electrons. The Morgan fingerprint density at radius 3 is 2.25 bits per heavy atom. The summed E-state index contributed by atoms with van der Waals surface area (Å²) in [5.41, 5.74) is 7.03. The third-order valence-corrected chi connectivity index (χ3v) is 3.94. The lowest BCUT2D eigenvalue weighted by Gasteiger charge is -2.34. The fourth-order valence-corrected chi connectivity index (χ4v) is 2.79. The first-order chi connectivity index (χ1) is 9.09. The van der Waals surface area contributed by atoms with Crippen molar-refractivity contribution in [1.29, 1.82) is 0 Å². The average Bonchev–Trinajstić information content (AvgIpc) is 2.40. The molecule has 1 amide bonds. The van der Waals surface area contributed by atoms with Gasteiger partial charge in [0.15, 0.2) is 0 Å². The molecule has 2 N–H and O–H groups in total. The second kappa shape index (κ2) is 7.65. The predicted molar refractivity (Wildman–Crippen MR) is 85.1 cm³/mol. The molecule has 1 heterocycles. The van der Waals surface area contributed by atoms with E-state index in [1.807, 2.05) is 23.1 Å². The first kappa shape index (κ1) is 17.0. The Morgan fingerprint density at radius 1 is 1.20 bits per heavy atom. The van der Waals surface area contributed by atoms with E-state index in [0.717, 1.165) is 31.5 Å². The maximum Gasteiger partial charge on any atom is 0.230 e. The lowest BCUT2D eigenvalue weighted by atomic mass is 9.86. The van der Waals surface area contributed by atoms with Gasteiger partial charge in [-0.25, -0.2) is 0 Å². The Labute approximate surface area is 127 Å². The number of hydrogen-bond acceptors (Lipinski definition) is 2. The zero-order valence-electron chi connectivity index (χ0n) is 12.3. The van der Waals surface area contributed by atoms with Gasteiger partial charge in [-0.1, -0.05) is 44.2 Å². The second-order valence-corrected chi connectivity index (χ2v) is 5.80. The molecule has 1 unspecified atom stereocenters. The Hall–Kier alpha value is -1.06. The van der Waals surface area contributed by atoms with Gasteiger partial charge in [0.1, 0.15) is 0 Å². The molecule has 1 atom stereocenters. The van der Waals surface area contributed by atoms with Gasteiger partial charge in [-0.05, 0) is 24.3 Å². The standard InChI is InChI=1S/C16H24N2O.ClH/c1-12(2)15(13-6-4-3-5-7-13)16(19)18-10-8-14(17)9-11-18;/h3-7,12,14-15H,8-11,17H2,1-2H3;1H. The molecule has 0 aromatic heterocycles. The molecule has 1 saturated heterocycles. The van der Waals surface area contributed by atoms with Crippen molar-refractivity contribution in [3.8, 4) is 0 Å². The van der Waals surface area contributed by atoms with Crippen LogP contribution in [-0.2, 0) is 4.79 Å². The third-order valence-electron chi connectivity index (χ3n) is 3.94. The highest BCUT2D eigenvalue weighted by molar-refractivity contribution is 5.85. The van der Waals surface area contributed by atoms with Crippen LogP contribution in [0.4, 0.5) is 0 Å². The molecule has 0 bridgehead atoms. The van der Waals surface area contributed by atoms with Crippen LogP contribution in [0.15, 0.2) is 30.3 Å². The number of hydrogen-bond donors (Lipinski definition) is 1. The van der Waals surface area contributed by atoms with Gasteiger partial charge in [-0.3, -0.25) is 4.79 Å². The number of nitrogens with zero attached hydrogens (tertiary/aromatic N) is 1. The lowest BCUT2D eigenvalue weighted by Crippen LogP contribution is -2.45. The van der Waals surface area contributed by atoms with Crippen LogP contribution in [0.25, 0.3) is 0 Å². The lowest BCUT2D eigenvalue weighted by molar-refractivity contribution is -0.134. The summed E-state index contributed by atoms with van der Waals surface area (Å²) in [6.07, 6.45) is 1.84. The molecule has 1 aliphatic rings. The van der Waals surface area contributed by atoms with Gasteiger partial charge in [0, 0.05) is 19.1 Å². The summed E-state index contributed by atoms with van der Waals surface area (Å²) in [7, 11) is 0. The Morgan fingerprint density at radius 2 is 1.75 bits per heavy atom. The van der Waals surface area contributed by atoms with E-state index in [4.69, 9.17) is 5.73 Å². The smallest absolute Gasteiger partial charge is 0.230 e. The van der Waals surface area contributed by atoms with Crippen molar-refractivity contribution < 1.29 is 4.79 Å². The molecule has 1 aromatic carbocycles. The maximum atomic E-state index is 12.7. The molecular formula is C16H25ClN2O. The Kier molecular flexibility index (Phi) is 6.50. The van der Waals surface area contributed by atoms with Gasteiger partial charge in [0.25, 0.3) is 0 Å². The minimum absolute atomic E-state index is 0. The molecule has 3 nitrogen and oxygen atoms in total. The van der Waals surface area contributed by atoms with E-state index < -0.39 is 0 Å². The number of likely N-dealkylation sites (tertiary alicyclic amines) is 1. The summed E-state index contributed by atoms with van der Waals surface area (Å²) in [6.45, 7) is 5.84. The van der Waals surface area contributed by atoms with Crippen LogP contribution in [0.3, 0.4) is 0 Å². The van der Waals surface area contributed by atoms with Crippen molar-refractivity contribution in [2.45, 2.75) is 38.6 Å². The summed E-state index contributed by atoms with van der Waals surface area (Å²) in [5, 5.41) is 0. The van der Waals surface area contributed by atoms with Crippen LogP contribution < -0.4 is 5.73 Å². The SMILES string of the molecule is CC(C)C(C(=O)N1CCC(N)CC1)c1ccccc1.Cl. The number of carbonyl (C=O) groups is 1. The average molecular weight is 297 g/mol. The summed E-state index contributed by atoms with van der Waals surface area (Å²) in [6, 6.07) is 10.4. The minimum atomic E-state index is -0.0319. The highest BCUT2D eigenvalue weighted by atomic mass is 35.5. The second-order valence-electron chi connectivity index (χ2n) is 5.80. The van der Waals surface area contributed by atoms with Crippen molar-refractivity contribution in [1.82, 2.24) is 4.90 Å². The summed E-state index contributed by atoms with van der Waals surface area (Å²) in [5.74, 6) is 0.536. The number of halogens is 1. The number of rotatable bonds is 3. The molecule has 2 rings (SSSR count). The van der Waals surface area contributed by atoms with E-state index >= 15 is 0 Å². The van der Waals surface area contributed by atoms with Crippen LogP contribution in [-0.4, -0.2) is 29.9 Å². The van der Waals surface area contributed by atoms with Crippen molar-refractivity contribution in [3.63, 3.8) is 0 Å². The summed E-state index contributed by atoms with van der Waals surface area (Å²) < 4.78 is 0. The van der Waals surface area contributed by atoms with Crippen molar-refractivity contribution >= 4 is 18.3 Å². The Bertz CT molecular complexity index is 414. The van der Waals surface area contributed by atoms with E-state index in [1.54, 1.807) is 0 Å². The molecule has 0 saturated carbocycles. The van der Waals surface area contributed by atoms with Gasteiger partial charge in [-0.2, -0.15) is 0 Å². The predicted octanol–water partition coefficient (Wildman–Crippen LogP) is 2.80. The first-order valence-corrected chi connectivity index (χ1v) is 7.19. The van der Waals surface area contributed by atoms with Gasteiger partial charge >= 0.3 is 0 Å². The third kappa shape index (κ3) is 3.97. The molecule has 112 valence electrons. The van der Waals surface area contributed by atoms with Crippen LogP contribution in [0.5, 0.6) is 0 Å². The molecule has 1 aromatic rings. The number of amides is 1. The zero-order valence-corrected chi connectivity index (χ0v) is 13.1. The topological polar surface area (TPSA) is 46.3 Å². The molecule has 0 spiro atoms. The van der Waals surface area contributed by atoms with Crippen LogP contribution in [0.1, 0.15) is 38.2 Å². The highest BCUT2D eigenvalue weighted by Crippen LogP contribution is 2.27. The van der Waals surface area contributed by atoms with Crippen molar-refractivity contribution in [2.24, 2.45) is 11.7 Å². The zero-order chi connectivity index (χ0) is 13.8. The molecule has 20 heavy (non-hydrogen) atoms. The van der Waals surface area contributed by atoms with E-state index in [0.29, 0.717) is 5.92 Å². The van der Waals surface area contributed by atoms with E-state index in [-0.39, 0.29) is 30.3 Å². The van der Waals surface area contributed by atoms with E-state index in [1.165, 1.54) is 0 Å². The highest BCUT2D eigenvalue weighted by Gasteiger charge is 2.30. The molecule has 0 aliphatic carbocycles. The Balaban J connectivity index is 0.00000200. The monoisotopic (exact) mass is 296 g/mol. The van der Waals surface area contributed by atoms with Crippen LogP contribution in [0.2, 0.25) is 0 Å². The van der Waals surface area contributed by atoms with Gasteiger partial charge < -0.3 is 10.6 Å². The first-order valence-electron chi connectivity index (χ1n) is 7.19. The van der Waals surface area contributed by atoms with Crippen LogP contribution in [0, 0.1) is 5.92 Å². The molecule has 1 fully saturated rings. The van der Waals surface area contributed by atoms with Gasteiger partial charge in [0.2, 0.25) is 5.91 Å². The number of benzene rings is 1. The van der Waals surface area contributed by atoms with Gasteiger partial charge in [-0.15, -0.1) is 12.4 Å². The summed E-state index contributed by atoms with van der Waals surface area (Å²) in [4.78, 5) is 14.7. The number of carbonyl (C=O) groups excluding carboxylic acids is 1.